The molecule has 0 spiro atoms. The molecule has 10 saturated heterocycles. The molecule has 20 unspecified atom stereocenters. The Morgan fingerprint density at radius 2 is 0.538 bits per heavy atom. The number of hydrogen-bond donors (Lipinski definition) is 32. The lowest BCUT2D eigenvalue weighted by atomic mass is 9.94. The van der Waals surface area contributed by atoms with E-state index in [-0.39, 0.29) is 18.8 Å². The third kappa shape index (κ3) is 21.7. The Morgan fingerprint density at radius 3 is 0.941 bits per heavy atom. The van der Waals surface area contributed by atoms with Crippen molar-refractivity contribution in [3.63, 3.8) is 0 Å². The van der Waals surface area contributed by atoms with E-state index >= 15 is 0 Å². The molecule has 10 rings (SSSR count). The quantitative estimate of drug-likeness (QED) is 0.0210. The van der Waals surface area contributed by atoms with E-state index in [2.05, 4.69) is 17.9 Å². The van der Waals surface area contributed by atoms with Crippen LogP contribution < -0.4 is 5.32 Å². The molecule has 1 amide bonds. The minimum atomic E-state index is -2.40. The maximum Gasteiger partial charge on any atom is 0.217 e. The summed E-state index contributed by atoms with van der Waals surface area (Å²) in [5, 5.41) is 332. The van der Waals surface area contributed by atoms with Gasteiger partial charge < -0.3 is 253 Å². The third-order valence-corrected chi connectivity index (χ3v) is 22.5. The normalized spacial score (nSPS) is 50.9. The Bertz CT molecular complexity index is 3010. The van der Waals surface area contributed by atoms with E-state index in [0.29, 0.717) is 0 Å². The fraction of sp³-hybridized carbons (Fsp3) is 0.985. The van der Waals surface area contributed by atoms with Crippen molar-refractivity contribution < 1.29 is 253 Å². The maximum absolute atomic E-state index is 13.1. The molecule has 119 heavy (non-hydrogen) atoms. The SMILES string of the molecule is CC(=O)NC1[C@@H](OC2[C@H](O[C@@H]3C(CO[C@@H]4OC(CO)[C@@H](O)C(O)[C@@H]4OC[C@H]4OC(CO)[C@@H](O[C@@H]5OC(CO)[C@H](O[C@H]6OC(CO)[C@H](O)[C@H](O)C6O)[C@H](O)C5O)[C@H](O)C4O)O[C@H](OCCCS)C(O)[C@H]3O[C@@H]3OC(CO)[C@@H](O)[C@H](O)C3O)OC(CO)[C@@H](O)[C@@H]2O)OC(CO)[C@@H](O[C@@H]2OC(CO)[C@H](O[C@H]3OC(CO)[C@H](O)[C@H](O)C3O)[C@H](O)C2O)[C@@H]1O. The molecule has 10 heterocycles. The van der Waals surface area contributed by atoms with E-state index in [1.165, 1.54) is 0 Å². The van der Waals surface area contributed by atoms with Crippen LogP contribution >= 0.6 is 12.6 Å². The highest BCUT2D eigenvalue weighted by molar-refractivity contribution is 7.80. The highest BCUT2D eigenvalue weighted by Crippen LogP contribution is 2.41. The number of nitrogens with one attached hydrogen (secondary N) is 1. The molecule has 0 aromatic heterocycles. The summed E-state index contributed by atoms with van der Waals surface area (Å²) in [7, 11) is 0. The number of ether oxygens (including phenoxy) is 20. The number of thiol groups is 1. The molecule has 10 aliphatic heterocycles. The molecule has 50 atom stereocenters. The molecule has 10 aliphatic rings. The van der Waals surface area contributed by atoms with E-state index in [1.807, 2.05) is 0 Å². The van der Waals surface area contributed by atoms with Gasteiger partial charge in [-0.05, 0) is 12.2 Å². The summed E-state index contributed by atoms with van der Waals surface area (Å²) in [4.78, 5) is 13.1. The lowest BCUT2D eigenvalue weighted by Crippen LogP contribution is -2.70. The molecule has 0 aromatic carbocycles. The standard InChI is InChI=1S/C66H113NO51S/c1-16(77)67-28-35(84)50(112-63-47(96)42(91)52(24(12-75)109-63)114-60-44(93)36(85)29(78)17(5-68)103-60)23(11-74)108-58(28)118-57-41(90)33(82)21(9-72)107-66(57)116-54-27(111-59(99-3-2-4-119)49(98)55(54)117-62-46(95)38(87)31(80)19(7-70)105-62)15-101-65-56(40(89)32(81)20(8-71)106-65)100-14-26-34(83)39(88)51(22(10-73)102-26)113-64-48(97)43(92)53(25(13-76)110-64)115-61-45(94)37(86)30(79)18(6-69)104-61/h17-66,68-76,78-98,119H,2-15H2,1H3,(H,67,77)/t17?,18?,19?,20?,21?,22?,23?,24?,25?,26-,27?,28?,29+,30+,31-,32-,33-,34?,35-,36+,37+,38+,39-,40?,41+,42-,43-,44?,45?,46?,47?,48?,49?,50-,51-,52+,53+,54-,55-,56+,57?,58-,59+,60-,61-,62+,63+,64+,65-,66+/m1/s1. The summed E-state index contributed by atoms with van der Waals surface area (Å²) in [6.45, 7) is -10.9. The van der Waals surface area contributed by atoms with Crippen LogP contribution in [0.1, 0.15) is 13.3 Å². The Kier molecular flexibility index (Phi) is 36.8. The first-order chi connectivity index (χ1) is 56.6. The fourth-order valence-electron chi connectivity index (χ4n) is 15.3. The van der Waals surface area contributed by atoms with Gasteiger partial charge in [0, 0.05) is 6.92 Å². The van der Waals surface area contributed by atoms with Crippen LogP contribution in [-0.2, 0) is 99.5 Å². The first kappa shape index (κ1) is 99.0. The second-order valence-corrected chi connectivity index (χ2v) is 30.5. The van der Waals surface area contributed by atoms with Crippen molar-refractivity contribution in [2.24, 2.45) is 0 Å². The largest absolute Gasteiger partial charge is 0.394 e. The highest BCUT2D eigenvalue weighted by atomic mass is 32.1. The summed E-state index contributed by atoms with van der Waals surface area (Å²) in [5.41, 5.74) is 0. The molecule has 0 aromatic rings. The smallest absolute Gasteiger partial charge is 0.217 e. The number of aliphatic hydroxyl groups is 30. The molecule has 53 heteroatoms. The second-order valence-electron chi connectivity index (χ2n) is 30.1. The highest BCUT2D eigenvalue weighted by Gasteiger charge is 2.61. The number of carbonyl (C=O) groups is 1. The molecule has 31 N–H and O–H groups in total. The Labute approximate surface area is 679 Å². The van der Waals surface area contributed by atoms with E-state index in [0.717, 1.165) is 6.92 Å². The maximum atomic E-state index is 13.1. The minimum Gasteiger partial charge on any atom is -0.394 e. The van der Waals surface area contributed by atoms with Crippen molar-refractivity contribution in [1.82, 2.24) is 5.32 Å². The molecule has 694 valence electrons. The van der Waals surface area contributed by atoms with Gasteiger partial charge in [0.15, 0.2) is 56.6 Å². The van der Waals surface area contributed by atoms with Crippen LogP contribution in [0.4, 0.5) is 0 Å². The van der Waals surface area contributed by atoms with Crippen molar-refractivity contribution in [3.8, 4) is 0 Å². The minimum absolute atomic E-state index is 0.133. The zero-order chi connectivity index (χ0) is 87.2. The van der Waals surface area contributed by atoms with E-state index in [9.17, 15) is 158 Å². The fourth-order valence-corrected chi connectivity index (χ4v) is 15.5. The van der Waals surface area contributed by atoms with Crippen molar-refractivity contribution in [1.29, 1.82) is 0 Å². The average molecular weight is 1770 g/mol. The van der Waals surface area contributed by atoms with Crippen LogP contribution in [0.15, 0.2) is 0 Å². The first-order valence-corrected chi connectivity index (χ1v) is 38.9. The van der Waals surface area contributed by atoms with Crippen molar-refractivity contribution >= 4 is 18.5 Å². The molecular formula is C66H113NO51S. The number of aliphatic hydroxyl groups excluding tert-OH is 30. The van der Waals surface area contributed by atoms with Crippen LogP contribution in [-0.4, -0.2) is 551 Å². The van der Waals surface area contributed by atoms with Gasteiger partial charge in [-0.25, -0.2) is 0 Å². The van der Waals surface area contributed by atoms with Crippen LogP contribution in [0.3, 0.4) is 0 Å². The first-order valence-electron chi connectivity index (χ1n) is 38.2. The van der Waals surface area contributed by atoms with Gasteiger partial charge in [0.1, 0.15) is 250 Å². The Morgan fingerprint density at radius 1 is 0.252 bits per heavy atom. The monoisotopic (exact) mass is 1770 g/mol. The Balaban J connectivity index is 0.907. The van der Waals surface area contributed by atoms with Crippen molar-refractivity contribution in [2.45, 2.75) is 320 Å². The number of carbonyl (C=O) groups excluding carboxylic acids is 1. The molecular weight excluding hydrogens is 1650 g/mol. The summed E-state index contributed by atoms with van der Waals surface area (Å²) in [6, 6.07) is -2.01. The van der Waals surface area contributed by atoms with Crippen LogP contribution in [0.5, 0.6) is 0 Å². The van der Waals surface area contributed by atoms with Crippen molar-refractivity contribution in [3.05, 3.63) is 0 Å². The summed E-state index contributed by atoms with van der Waals surface area (Å²) in [6.07, 6.45) is -99.4. The van der Waals surface area contributed by atoms with Gasteiger partial charge in [-0.2, -0.15) is 12.6 Å². The lowest BCUT2D eigenvalue weighted by molar-refractivity contribution is -0.404. The van der Waals surface area contributed by atoms with Crippen LogP contribution in [0.25, 0.3) is 0 Å². The van der Waals surface area contributed by atoms with Gasteiger partial charge in [0.05, 0.1) is 79.3 Å². The summed E-state index contributed by atoms with van der Waals surface area (Å²) >= 11 is 4.21. The summed E-state index contributed by atoms with van der Waals surface area (Å²) in [5.74, 6) is -0.830. The van der Waals surface area contributed by atoms with E-state index in [4.69, 9.17) is 94.7 Å². The van der Waals surface area contributed by atoms with Crippen molar-refractivity contribution in [2.75, 3.05) is 85.0 Å². The van der Waals surface area contributed by atoms with Gasteiger partial charge in [-0.15, -0.1) is 0 Å². The number of hydrogen-bond acceptors (Lipinski definition) is 52. The second kappa shape index (κ2) is 44.2. The topological polar surface area (TPSA) is 821 Å². The molecule has 0 radical (unpaired) electrons. The van der Waals surface area contributed by atoms with E-state index in [1.54, 1.807) is 0 Å². The zero-order valence-electron chi connectivity index (χ0n) is 63.2. The molecule has 0 bridgehead atoms. The Hall–Kier alpha value is -2.18. The van der Waals surface area contributed by atoms with Gasteiger partial charge >= 0.3 is 0 Å². The molecule has 52 nitrogen and oxygen atoms in total. The van der Waals surface area contributed by atoms with Gasteiger partial charge in [-0.1, -0.05) is 0 Å². The van der Waals surface area contributed by atoms with Gasteiger partial charge in [-0.3, -0.25) is 4.79 Å². The average Bonchev–Trinajstić information content (AvgIpc) is 0.769. The predicted octanol–water partition coefficient (Wildman–Crippen LogP) is -21.3. The van der Waals surface area contributed by atoms with E-state index < -0.39 is 385 Å². The molecule has 10 fully saturated rings. The number of rotatable bonds is 34. The third-order valence-electron chi connectivity index (χ3n) is 22.1. The van der Waals surface area contributed by atoms with Crippen LogP contribution in [0, 0.1) is 0 Å². The zero-order valence-corrected chi connectivity index (χ0v) is 64.1. The predicted molar refractivity (Wildman–Crippen MR) is 368 cm³/mol. The number of amides is 1. The van der Waals surface area contributed by atoms with Crippen LogP contribution in [0.2, 0.25) is 0 Å². The molecule has 0 saturated carbocycles. The molecule has 0 aliphatic carbocycles. The summed E-state index contributed by atoms with van der Waals surface area (Å²) < 4.78 is 118. The lowest BCUT2D eigenvalue weighted by Gasteiger charge is -2.51. The van der Waals surface area contributed by atoms with Gasteiger partial charge in [0.2, 0.25) is 5.91 Å². The van der Waals surface area contributed by atoms with Gasteiger partial charge in [0.25, 0.3) is 0 Å².